The van der Waals surface area contributed by atoms with Crippen molar-refractivity contribution in [2.24, 2.45) is 0 Å². The number of amides is 3. The zero-order valence-electron chi connectivity index (χ0n) is 17.4. The molecule has 2 aliphatic heterocycles. The molecule has 0 atom stereocenters. The molecule has 31 heavy (non-hydrogen) atoms. The Hall–Kier alpha value is -2.97. The fourth-order valence-corrected chi connectivity index (χ4v) is 4.01. The van der Waals surface area contributed by atoms with Crippen LogP contribution in [0.15, 0.2) is 42.5 Å². The smallest absolute Gasteiger partial charge is 0.326 e. The van der Waals surface area contributed by atoms with Crippen molar-refractivity contribution in [1.29, 1.82) is 0 Å². The summed E-state index contributed by atoms with van der Waals surface area (Å²) >= 11 is 0. The molecular formula is C23H27FN4O3. The SMILES string of the molecule is O=C(NCCCN1CCOCC1)c1cccc2c1CCN2C(=O)Nc1ccc(F)cc1. The van der Waals surface area contributed by atoms with Crippen LogP contribution in [0.25, 0.3) is 0 Å². The van der Waals surface area contributed by atoms with Crippen LogP contribution < -0.4 is 15.5 Å². The van der Waals surface area contributed by atoms with E-state index in [2.05, 4.69) is 15.5 Å². The van der Waals surface area contributed by atoms with Crippen LogP contribution in [-0.2, 0) is 11.2 Å². The van der Waals surface area contributed by atoms with Crippen molar-refractivity contribution in [3.05, 3.63) is 59.4 Å². The average Bonchev–Trinajstić information content (AvgIpc) is 3.23. The van der Waals surface area contributed by atoms with Gasteiger partial charge in [0.1, 0.15) is 5.82 Å². The lowest BCUT2D eigenvalue weighted by molar-refractivity contribution is 0.0374. The van der Waals surface area contributed by atoms with Gasteiger partial charge in [-0.15, -0.1) is 0 Å². The van der Waals surface area contributed by atoms with Gasteiger partial charge in [-0.3, -0.25) is 14.6 Å². The zero-order valence-corrected chi connectivity index (χ0v) is 17.4. The van der Waals surface area contributed by atoms with E-state index in [9.17, 15) is 14.0 Å². The highest BCUT2D eigenvalue weighted by Crippen LogP contribution is 2.31. The fraction of sp³-hybridized carbons (Fsp3) is 0.391. The van der Waals surface area contributed by atoms with Crippen LogP contribution in [0, 0.1) is 5.82 Å². The van der Waals surface area contributed by atoms with E-state index < -0.39 is 0 Å². The minimum atomic E-state index is -0.356. The highest BCUT2D eigenvalue weighted by Gasteiger charge is 2.28. The summed E-state index contributed by atoms with van der Waals surface area (Å²) in [7, 11) is 0. The number of benzene rings is 2. The summed E-state index contributed by atoms with van der Waals surface area (Å²) in [4.78, 5) is 29.4. The number of morpholine rings is 1. The number of nitrogens with zero attached hydrogens (tertiary/aromatic N) is 2. The molecule has 4 rings (SSSR count). The molecule has 3 amide bonds. The van der Waals surface area contributed by atoms with Crippen LogP contribution in [0.4, 0.5) is 20.6 Å². The molecule has 8 heteroatoms. The van der Waals surface area contributed by atoms with Crippen molar-refractivity contribution >= 4 is 23.3 Å². The number of nitrogens with one attached hydrogen (secondary N) is 2. The van der Waals surface area contributed by atoms with E-state index in [1.807, 2.05) is 6.07 Å². The molecule has 0 saturated carbocycles. The van der Waals surface area contributed by atoms with Gasteiger partial charge in [0.05, 0.1) is 13.2 Å². The molecule has 1 saturated heterocycles. The normalized spacial score (nSPS) is 16.1. The third-order valence-corrected chi connectivity index (χ3v) is 5.65. The van der Waals surface area contributed by atoms with Gasteiger partial charge in [0.2, 0.25) is 0 Å². The molecule has 7 nitrogen and oxygen atoms in total. The first-order valence-electron chi connectivity index (χ1n) is 10.7. The van der Waals surface area contributed by atoms with Gasteiger partial charge >= 0.3 is 6.03 Å². The summed E-state index contributed by atoms with van der Waals surface area (Å²) in [5.41, 5.74) is 2.75. The van der Waals surface area contributed by atoms with Crippen molar-refractivity contribution in [2.45, 2.75) is 12.8 Å². The number of hydrogen-bond acceptors (Lipinski definition) is 4. The lowest BCUT2D eigenvalue weighted by atomic mass is 10.0. The van der Waals surface area contributed by atoms with Crippen LogP contribution in [0.5, 0.6) is 0 Å². The zero-order chi connectivity index (χ0) is 21.6. The number of halogens is 1. The Labute approximate surface area is 181 Å². The molecule has 0 unspecified atom stereocenters. The molecule has 2 aromatic rings. The molecule has 2 N–H and O–H groups in total. The molecule has 164 valence electrons. The van der Waals surface area contributed by atoms with E-state index in [1.54, 1.807) is 17.0 Å². The fourth-order valence-electron chi connectivity index (χ4n) is 4.01. The van der Waals surface area contributed by atoms with E-state index in [-0.39, 0.29) is 17.8 Å². The third kappa shape index (κ3) is 5.21. The standard InChI is InChI=1S/C23H27FN4O3/c24-17-5-7-18(8-6-17)26-23(30)28-12-9-19-20(3-1-4-21(19)28)22(29)25-10-2-11-27-13-15-31-16-14-27/h1,3-8H,2,9-16H2,(H,25,29)(H,26,30). The minimum absolute atomic E-state index is 0.111. The van der Waals surface area contributed by atoms with Gasteiger partial charge in [-0.1, -0.05) is 6.07 Å². The molecule has 0 aliphatic carbocycles. The highest BCUT2D eigenvalue weighted by molar-refractivity contribution is 6.05. The average molecular weight is 426 g/mol. The van der Waals surface area contributed by atoms with E-state index in [4.69, 9.17) is 4.74 Å². The van der Waals surface area contributed by atoms with Crippen molar-refractivity contribution in [3.63, 3.8) is 0 Å². The van der Waals surface area contributed by atoms with E-state index in [1.165, 1.54) is 24.3 Å². The lowest BCUT2D eigenvalue weighted by Crippen LogP contribution is -2.38. The number of carbonyl (C=O) groups is 2. The molecule has 1 fully saturated rings. The second-order valence-electron chi connectivity index (χ2n) is 7.71. The summed E-state index contributed by atoms with van der Waals surface area (Å²) in [5, 5.41) is 5.79. The number of urea groups is 1. The predicted octanol–water partition coefficient (Wildman–Crippen LogP) is 2.87. The van der Waals surface area contributed by atoms with Gasteiger partial charge in [-0.25, -0.2) is 9.18 Å². The Morgan fingerprint density at radius 3 is 2.58 bits per heavy atom. The van der Waals surface area contributed by atoms with E-state index in [0.717, 1.165) is 50.5 Å². The molecule has 0 aromatic heterocycles. The minimum Gasteiger partial charge on any atom is -0.379 e. The number of carbonyl (C=O) groups excluding carboxylic acids is 2. The van der Waals surface area contributed by atoms with Gasteiger partial charge in [-0.2, -0.15) is 0 Å². The second-order valence-corrected chi connectivity index (χ2v) is 7.71. The monoisotopic (exact) mass is 426 g/mol. The van der Waals surface area contributed by atoms with Crippen molar-refractivity contribution < 1.29 is 18.7 Å². The molecule has 2 heterocycles. The Balaban J connectivity index is 1.34. The summed E-state index contributed by atoms with van der Waals surface area (Å²) in [6.07, 6.45) is 1.50. The van der Waals surface area contributed by atoms with Crippen LogP contribution in [-0.4, -0.2) is 62.8 Å². The number of hydrogen-bond donors (Lipinski definition) is 2. The summed E-state index contributed by atoms with van der Waals surface area (Å²) in [6, 6.07) is 10.8. The first-order valence-corrected chi connectivity index (χ1v) is 10.7. The number of rotatable bonds is 6. The number of fused-ring (bicyclic) bond motifs is 1. The van der Waals surface area contributed by atoms with Gasteiger partial charge < -0.3 is 15.4 Å². The topological polar surface area (TPSA) is 73.9 Å². The summed E-state index contributed by atoms with van der Waals surface area (Å²) in [6.45, 7) is 5.46. The molecular weight excluding hydrogens is 399 g/mol. The molecule has 0 spiro atoms. The largest absolute Gasteiger partial charge is 0.379 e. The Kier molecular flexibility index (Phi) is 6.79. The maximum atomic E-state index is 13.1. The first kappa shape index (κ1) is 21.3. The number of ether oxygens (including phenoxy) is 1. The molecule has 2 aliphatic rings. The number of anilines is 2. The van der Waals surface area contributed by atoms with E-state index >= 15 is 0 Å². The summed E-state index contributed by atoms with van der Waals surface area (Å²) in [5.74, 6) is -0.468. The highest BCUT2D eigenvalue weighted by atomic mass is 19.1. The quantitative estimate of drug-likeness (QED) is 0.697. The summed E-state index contributed by atoms with van der Waals surface area (Å²) < 4.78 is 18.4. The Morgan fingerprint density at radius 2 is 1.81 bits per heavy atom. The second kappa shape index (κ2) is 9.89. The van der Waals surface area contributed by atoms with Crippen LogP contribution in [0.2, 0.25) is 0 Å². The van der Waals surface area contributed by atoms with Crippen molar-refractivity contribution in [1.82, 2.24) is 10.2 Å². The van der Waals surface area contributed by atoms with Crippen LogP contribution in [0.1, 0.15) is 22.3 Å². The van der Waals surface area contributed by atoms with Crippen molar-refractivity contribution in [2.75, 3.05) is 56.2 Å². The molecule has 0 radical (unpaired) electrons. The van der Waals surface area contributed by atoms with Gasteiger partial charge in [0, 0.05) is 43.1 Å². The Bertz CT molecular complexity index is 929. The first-order chi connectivity index (χ1) is 15.1. The van der Waals surface area contributed by atoms with Crippen LogP contribution >= 0.6 is 0 Å². The van der Waals surface area contributed by atoms with E-state index in [0.29, 0.717) is 30.8 Å². The van der Waals surface area contributed by atoms with Gasteiger partial charge in [0.15, 0.2) is 0 Å². The third-order valence-electron chi connectivity index (χ3n) is 5.65. The Morgan fingerprint density at radius 1 is 1.03 bits per heavy atom. The predicted molar refractivity (Wildman–Crippen MR) is 117 cm³/mol. The maximum absolute atomic E-state index is 13.1. The lowest BCUT2D eigenvalue weighted by Gasteiger charge is -2.26. The maximum Gasteiger partial charge on any atom is 0.326 e. The van der Waals surface area contributed by atoms with Crippen molar-refractivity contribution in [3.8, 4) is 0 Å². The molecule has 2 aromatic carbocycles. The molecule has 0 bridgehead atoms. The van der Waals surface area contributed by atoms with Crippen LogP contribution in [0.3, 0.4) is 0 Å². The van der Waals surface area contributed by atoms with Gasteiger partial charge in [0.25, 0.3) is 5.91 Å². The van der Waals surface area contributed by atoms with Gasteiger partial charge in [-0.05, 0) is 61.3 Å².